The fraction of sp³-hybridized carbons (Fsp3) is 0.533. The van der Waals surface area contributed by atoms with Gasteiger partial charge < -0.3 is 20.1 Å². The van der Waals surface area contributed by atoms with Crippen LogP contribution >= 0.6 is 0 Å². The number of morpholine rings is 1. The molecule has 1 atom stereocenters. The number of carbonyl (C=O) groups is 1. The van der Waals surface area contributed by atoms with Gasteiger partial charge in [0.2, 0.25) is 0 Å². The zero-order valence-corrected chi connectivity index (χ0v) is 12.3. The molecule has 1 aliphatic rings. The fourth-order valence-corrected chi connectivity index (χ4v) is 2.30. The number of aryl methyl sites for hydroxylation is 2. The van der Waals surface area contributed by atoms with E-state index in [1.165, 1.54) is 0 Å². The molecule has 0 aromatic heterocycles. The molecule has 2 rings (SSSR count). The fourth-order valence-electron chi connectivity index (χ4n) is 2.30. The van der Waals surface area contributed by atoms with Gasteiger partial charge in [0.05, 0.1) is 12.2 Å². The molecule has 0 amide bonds. The zero-order chi connectivity index (χ0) is 14.7. The molecule has 0 spiro atoms. The lowest BCUT2D eigenvalue weighted by Crippen LogP contribution is -2.42. The van der Waals surface area contributed by atoms with E-state index in [4.69, 9.17) is 15.2 Å². The molecule has 1 aromatic rings. The summed E-state index contributed by atoms with van der Waals surface area (Å²) >= 11 is 0. The van der Waals surface area contributed by atoms with Crippen molar-refractivity contribution in [3.05, 3.63) is 28.8 Å². The molecule has 20 heavy (non-hydrogen) atoms. The van der Waals surface area contributed by atoms with Crippen molar-refractivity contribution in [2.75, 3.05) is 39.1 Å². The van der Waals surface area contributed by atoms with Crippen molar-refractivity contribution in [3.63, 3.8) is 0 Å². The first-order valence-corrected chi connectivity index (χ1v) is 6.81. The molecule has 0 aliphatic carbocycles. The van der Waals surface area contributed by atoms with Crippen LogP contribution in [-0.4, -0.2) is 50.3 Å². The number of anilines is 1. The van der Waals surface area contributed by atoms with Gasteiger partial charge in [0.15, 0.2) is 0 Å². The van der Waals surface area contributed by atoms with Crippen LogP contribution in [0.25, 0.3) is 0 Å². The smallest absolute Gasteiger partial charge is 0.338 e. The average molecular weight is 278 g/mol. The topological polar surface area (TPSA) is 64.8 Å². The van der Waals surface area contributed by atoms with Gasteiger partial charge in [-0.05, 0) is 38.1 Å². The first-order valence-electron chi connectivity index (χ1n) is 6.81. The minimum atomic E-state index is -0.342. The first kappa shape index (κ1) is 14.8. The van der Waals surface area contributed by atoms with Gasteiger partial charge in [-0.2, -0.15) is 0 Å². The van der Waals surface area contributed by atoms with Crippen LogP contribution in [0.4, 0.5) is 5.69 Å². The standard InChI is InChI=1S/C15H22N2O3/c1-10-6-11(2)14(16)7-13(10)15(18)20-9-12-8-17(3)4-5-19-12/h6-7,12H,4-5,8-9,16H2,1-3H3. The molecule has 1 fully saturated rings. The maximum absolute atomic E-state index is 12.1. The van der Waals surface area contributed by atoms with E-state index in [0.29, 0.717) is 17.9 Å². The number of hydrogen-bond acceptors (Lipinski definition) is 5. The zero-order valence-electron chi connectivity index (χ0n) is 12.3. The third-order valence-electron chi connectivity index (χ3n) is 3.58. The number of ether oxygens (including phenoxy) is 2. The molecule has 1 saturated heterocycles. The van der Waals surface area contributed by atoms with E-state index in [2.05, 4.69) is 4.90 Å². The molecular weight excluding hydrogens is 256 g/mol. The summed E-state index contributed by atoms with van der Waals surface area (Å²) in [6.45, 7) is 6.45. The first-order chi connectivity index (χ1) is 9.47. The van der Waals surface area contributed by atoms with Gasteiger partial charge in [-0.15, -0.1) is 0 Å². The number of nitrogens with zero attached hydrogens (tertiary/aromatic N) is 1. The number of carbonyl (C=O) groups excluding carboxylic acids is 1. The molecule has 0 bridgehead atoms. The molecule has 5 nitrogen and oxygen atoms in total. The van der Waals surface area contributed by atoms with E-state index >= 15 is 0 Å². The lowest BCUT2D eigenvalue weighted by atomic mass is 10.0. The minimum absolute atomic E-state index is 0.0548. The van der Waals surface area contributed by atoms with Crippen LogP contribution in [0.3, 0.4) is 0 Å². The van der Waals surface area contributed by atoms with Crippen molar-refractivity contribution in [2.45, 2.75) is 20.0 Å². The van der Waals surface area contributed by atoms with E-state index < -0.39 is 0 Å². The average Bonchev–Trinajstić information content (AvgIpc) is 2.40. The number of hydrogen-bond donors (Lipinski definition) is 1. The maximum atomic E-state index is 12.1. The minimum Gasteiger partial charge on any atom is -0.459 e. The Hall–Kier alpha value is -1.59. The summed E-state index contributed by atoms with van der Waals surface area (Å²) in [5.74, 6) is -0.342. The normalized spacial score (nSPS) is 19.9. The van der Waals surface area contributed by atoms with Crippen LogP contribution in [0.1, 0.15) is 21.5 Å². The number of nitrogen functional groups attached to an aromatic ring is 1. The van der Waals surface area contributed by atoms with E-state index in [-0.39, 0.29) is 18.7 Å². The van der Waals surface area contributed by atoms with E-state index in [0.717, 1.165) is 24.2 Å². The monoisotopic (exact) mass is 278 g/mol. The second-order valence-electron chi connectivity index (χ2n) is 5.38. The van der Waals surface area contributed by atoms with E-state index in [1.807, 2.05) is 27.0 Å². The molecule has 5 heteroatoms. The third kappa shape index (κ3) is 3.49. The van der Waals surface area contributed by atoms with E-state index in [9.17, 15) is 4.79 Å². The van der Waals surface area contributed by atoms with Gasteiger partial charge >= 0.3 is 5.97 Å². The molecule has 1 aromatic carbocycles. The number of benzene rings is 1. The molecule has 0 radical (unpaired) electrons. The summed E-state index contributed by atoms with van der Waals surface area (Å²) < 4.78 is 10.9. The molecule has 1 heterocycles. The Morgan fingerprint density at radius 1 is 1.45 bits per heavy atom. The number of likely N-dealkylation sites (N-methyl/N-ethyl adjacent to an activating group) is 1. The van der Waals surface area contributed by atoms with Gasteiger partial charge in [-0.3, -0.25) is 0 Å². The van der Waals surface area contributed by atoms with Crippen LogP contribution in [0.15, 0.2) is 12.1 Å². The predicted octanol–water partition coefficient (Wildman–Crippen LogP) is 1.37. The maximum Gasteiger partial charge on any atom is 0.338 e. The molecular formula is C15H22N2O3. The highest BCUT2D eigenvalue weighted by molar-refractivity contribution is 5.92. The Kier molecular flexibility index (Phi) is 4.62. The van der Waals surface area contributed by atoms with Gasteiger partial charge in [0.1, 0.15) is 12.7 Å². The molecule has 1 aliphatic heterocycles. The van der Waals surface area contributed by atoms with Crippen LogP contribution in [0, 0.1) is 13.8 Å². The van der Waals surface area contributed by atoms with Crippen molar-refractivity contribution in [3.8, 4) is 0 Å². The van der Waals surface area contributed by atoms with Crippen molar-refractivity contribution >= 4 is 11.7 Å². The highest BCUT2D eigenvalue weighted by Gasteiger charge is 2.20. The largest absolute Gasteiger partial charge is 0.459 e. The van der Waals surface area contributed by atoms with E-state index in [1.54, 1.807) is 6.07 Å². The molecule has 2 N–H and O–H groups in total. The Bertz CT molecular complexity index is 502. The summed E-state index contributed by atoms with van der Waals surface area (Å²) in [5.41, 5.74) is 8.83. The molecule has 1 unspecified atom stereocenters. The van der Waals surface area contributed by atoms with Crippen molar-refractivity contribution < 1.29 is 14.3 Å². The van der Waals surface area contributed by atoms with Gasteiger partial charge in [0.25, 0.3) is 0 Å². The summed E-state index contributed by atoms with van der Waals surface area (Å²) in [6, 6.07) is 3.58. The Morgan fingerprint density at radius 3 is 2.90 bits per heavy atom. The summed E-state index contributed by atoms with van der Waals surface area (Å²) in [4.78, 5) is 14.3. The Morgan fingerprint density at radius 2 is 2.20 bits per heavy atom. The summed E-state index contributed by atoms with van der Waals surface area (Å²) in [6.07, 6.45) is -0.0548. The highest BCUT2D eigenvalue weighted by Crippen LogP contribution is 2.19. The second-order valence-corrected chi connectivity index (χ2v) is 5.38. The quantitative estimate of drug-likeness (QED) is 0.668. The summed E-state index contributed by atoms with van der Waals surface area (Å²) in [5, 5.41) is 0. The van der Waals surface area contributed by atoms with Crippen LogP contribution in [0.2, 0.25) is 0 Å². The highest BCUT2D eigenvalue weighted by atomic mass is 16.6. The van der Waals surface area contributed by atoms with Crippen LogP contribution in [-0.2, 0) is 9.47 Å². The van der Waals surface area contributed by atoms with Crippen molar-refractivity contribution in [2.24, 2.45) is 0 Å². The second kappa shape index (κ2) is 6.24. The van der Waals surface area contributed by atoms with Gasteiger partial charge in [0, 0.05) is 18.8 Å². The number of esters is 1. The lowest BCUT2D eigenvalue weighted by Gasteiger charge is -2.29. The SMILES string of the molecule is Cc1cc(C)c(C(=O)OCC2CN(C)CCO2)cc1N. The van der Waals surface area contributed by atoms with Crippen molar-refractivity contribution in [1.29, 1.82) is 0 Å². The van der Waals surface area contributed by atoms with Crippen LogP contribution < -0.4 is 5.73 Å². The van der Waals surface area contributed by atoms with Crippen molar-refractivity contribution in [1.82, 2.24) is 4.90 Å². The van der Waals surface area contributed by atoms with Gasteiger partial charge in [-0.25, -0.2) is 4.79 Å². The number of rotatable bonds is 3. The molecule has 0 saturated carbocycles. The Labute approximate surface area is 119 Å². The van der Waals surface area contributed by atoms with Crippen LogP contribution in [0.5, 0.6) is 0 Å². The summed E-state index contributed by atoms with van der Waals surface area (Å²) in [7, 11) is 2.03. The predicted molar refractivity (Wildman–Crippen MR) is 77.8 cm³/mol. The Balaban J connectivity index is 1.96. The lowest BCUT2D eigenvalue weighted by molar-refractivity contribution is -0.0528. The third-order valence-corrected chi connectivity index (χ3v) is 3.58. The van der Waals surface area contributed by atoms with Gasteiger partial charge in [-0.1, -0.05) is 6.07 Å². The molecule has 110 valence electrons. The number of nitrogens with two attached hydrogens (primary N) is 1.